The Labute approximate surface area is 108 Å². The Hall–Kier alpha value is -2.87. The smallest absolute Gasteiger partial charge is 0.153 e. The van der Waals surface area contributed by atoms with Gasteiger partial charge in [-0.25, -0.2) is 4.39 Å². The zero-order chi connectivity index (χ0) is 13.4. The van der Waals surface area contributed by atoms with Gasteiger partial charge in [0.1, 0.15) is 11.9 Å². The predicted molar refractivity (Wildman–Crippen MR) is 70.6 cm³/mol. The van der Waals surface area contributed by atoms with Crippen LogP contribution in [0.1, 0.15) is 5.56 Å². The summed E-state index contributed by atoms with van der Waals surface area (Å²) in [7, 11) is 0. The number of nitrogens with two attached hydrogens (primary N) is 1. The number of H-pyrrole nitrogens is 1. The quantitative estimate of drug-likeness (QED) is 0.699. The second-order valence-electron chi connectivity index (χ2n) is 4.18. The summed E-state index contributed by atoms with van der Waals surface area (Å²) in [6.07, 6.45) is 0. The van der Waals surface area contributed by atoms with E-state index in [1.165, 1.54) is 12.1 Å². The van der Waals surface area contributed by atoms with Crippen LogP contribution in [0.2, 0.25) is 0 Å². The summed E-state index contributed by atoms with van der Waals surface area (Å²) in [5.41, 5.74) is 8.05. The number of nitrogen functional groups attached to an aromatic ring is 1. The molecule has 0 bridgehead atoms. The number of aromatic nitrogens is 2. The largest absolute Gasteiger partial charge is 0.382 e. The van der Waals surface area contributed by atoms with Gasteiger partial charge < -0.3 is 5.73 Å². The predicted octanol–water partition coefficient (Wildman–Crippen LogP) is 2.82. The summed E-state index contributed by atoms with van der Waals surface area (Å²) < 4.78 is 13.6. The molecule has 3 aromatic rings. The lowest BCUT2D eigenvalue weighted by molar-refractivity contribution is 0.624. The summed E-state index contributed by atoms with van der Waals surface area (Å²) in [6, 6.07) is 11.8. The van der Waals surface area contributed by atoms with Gasteiger partial charge in [-0.05, 0) is 35.4 Å². The molecule has 0 spiro atoms. The number of benzene rings is 2. The molecule has 19 heavy (non-hydrogen) atoms. The first-order valence-corrected chi connectivity index (χ1v) is 5.62. The normalized spacial score (nSPS) is 10.5. The molecule has 0 unspecified atom stereocenters. The Morgan fingerprint density at radius 1 is 1.16 bits per heavy atom. The highest BCUT2D eigenvalue weighted by atomic mass is 19.1. The van der Waals surface area contributed by atoms with Gasteiger partial charge in [0.25, 0.3) is 0 Å². The van der Waals surface area contributed by atoms with Crippen LogP contribution in [-0.2, 0) is 0 Å². The average molecular weight is 252 g/mol. The van der Waals surface area contributed by atoms with E-state index in [2.05, 4.69) is 10.2 Å². The molecule has 2 aromatic carbocycles. The summed E-state index contributed by atoms with van der Waals surface area (Å²) >= 11 is 0. The van der Waals surface area contributed by atoms with E-state index in [1.807, 2.05) is 18.2 Å². The Morgan fingerprint density at radius 3 is 2.63 bits per heavy atom. The van der Waals surface area contributed by atoms with Gasteiger partial charge in [-0.2, -0.15) is 10.4 Å². The number of aromatic amines is 1. The monoisotopic (exact) mass is 252 g/mol. The molecule has 0 saturated heterocycles. The molecule has 5 heteroatoms. The van der Waals surface area contributed by atoms with Crippen LogP contribution < -0.4 is 5.73 Å². The van der Waals surface area contributed by atoms with E-state index in [0.717, 1.165) is 16.5 Å². The third-order valence-electron chi connectivity index (χ3n) is 3.02. The van der Waals surface area contributed by atoms with Crippen LogP contribution >= 0.6 is 0 Å². The van der Waals surface area contributed by atoms with Crippen LogP contribution in [0.4, 0.5) is 10.2 Å². The maximum absolute atomic E-state index is 13.6. The molecule has 0 aliphatic heterocycles. The van der Waals surface area contributed by atoms with Crippen molar-refractivity contribution in [2.75, 3.05) is 5.73 Å². The summed E-state index contributed by atoms with van der Waals surface area (Å²) in [5.74, 6) is -0.0863. The van der Waals surface area contributed by atoms with Crippen molar-refractivity contribution in [2.45, 2.75) is 0 Å². The third-order valence-corrected chi connectivity index (χ3v) is 3.02. The molecule has 0 radical (unpaired) electrons. The van der Waals surface area contributed by atoms with E-state index in [4.69, 9.17) is 11.0 Å². The molecule has 3 rings (SSSR count). The minimum atomic E-state index is -0.524. The van der Waals surface area contributed by atoms with Crippen molar-refractivity contribution in [2.24, 2.45) is 0 Å². The first-order chi connectivity index (χ1) is 9.19. The molecular weight excluding hydrogens is 243 g/mol. The zero-order valence-electron chi connectivity index (χ0n) is 9.81. The van der Waals surface area contributed by atoms with Gasteiger partial charge in [0, 0.05) is 5.39 Å². The zero-order valence-corrected chi connectivity index (χ0v) is 9.81. The molecule has 0 fully saturated rings. The van der Waals surface area contributed by atoms with Crippen LogP contribution in [0.25, 0.3) is 22.0 Å². The highest BCUT2D eigenvalue weighted by Crippen LogP contribution is 2.26. The number of halogens is 1. The van der Waals surface area contributed by atoms with Crippen molar-refractivity contribution in [3.63, 3.8) is 0 Å². The van der Waals surface area contributed by atoms with Crippen LogP contribution in [0.3, 0.4) is 0 Å². The van der Waals surface area contributed by atoms with E-state index in [9.17, 15) is 4.39 Å². The average Bonchev–Trinajstić information content (AvgIpc) is 2.80. The summed E-state index contributed by atoms with van der Waals surface area (Å²) in [5, 5.41) is 16.3. The molecule has 1 heterocycles. The lowest BCUT2D eigenvalue weighted by atomic mass is 10.0. The van der Waals surface area contributed by atoms with Crippen LogP contribution in [0.15, 0.2) is 36.4 Å². The molecule has 3 N–H and O–H groups in total. The first kappa shape index (κ1) is 11.2. The SMILES string of the molecule is N#Cc1ccc(-c2ccc3c(N)n[nH]c3c2)cc1F. The fraction of sp³-hybridized carbons (Fsp3) is 0. The van der Waals surface area contributed by atoms with E-state index in [0.29, 0.717) is 11.4 Å². The highest BCUT2D eigenvalue weighted by molar-refractivity contribution is 5.91. The van der Waals surface area contributed by atoms with E-state index in [-0.39, 0.29) is 5.56 Å². The molecule has 4 nitrogen and oxygen atoms in total. The fourth-order valence-corrected chi connectivity index (χ4v) is 2.01. The molecule has 1 aromatic heterocycles. The van der Waals surface area contributed by atoms with Gasteiger partial charge >= 0.3 is 0 Å². The maximum atomic E-state index is 13.6. The van der Waals surface area contributed by atoms with E-state index >= 15 is 0 Å². The molecule has 92 valence electrons. The van der Waals surface area contributed by atoms with Gasteiger partial charge in [-0.15, -0.1) is 0 Å². The molecule has 0 amide bonds. The number of nitrogens with zero attached hydrogens (tertiary/aromatic N) is 2. The summed E-state index contributed by atoms with van der Waals surface area (Å²) in [4.78, 5) is 0. The molecular formula is C14H9FN4. The lowest BCUT2D eigenvalue weighted by Gasteiger charge is -2.03. The van der Waals surface area contributed by atoms with Gasteiger partial charge in [0.2, 0.25) is 0 Å². The van der Waals surface area contributed by atoms with Crippen LogP contribution in [0.5, 0.6) is 0 Å². The van der Waals surface area contributed by atoms with Crippen molar-refractivity contribution in [3.05, 3.63) is 47.8 Å². The van der Waals surface area contributed by atoms with Crippen molar-refractivity contribution in [1.82, 2.24) is 10.2 Å². The van der Waals surface area contributed by atoms with Crippen LogP contribution in [0, 0.1) is 17.1 Å². The van der Waals surface area contributed by atoms with Crippen molar-refractivity contribution >= 4 is 16.7 Å². The summed E-state index contributed by atoms with van der Waals surface area (Å²) in [6.45, 7) is 0. The number of hydrogen-bond acceptors (Lipinski definition) is 3. The molecule has 0 saturated carbocycles. The highest BCUT2D eigenvalue weighted by Gasteiger charge is 2.07. The van der Waals surface area contributed by atoms with E-state index in [1.54, 1.807) is 12.1 Å². The minimum absolute atomic E-state index is 0.0376. The van der Waals surface area contributed by atoms with Crippen molar-refractivity contribution in [3.8, 4) is 17.2 Å². The maximum Gasteiger partial charge on any atom is 0.153 e. The number of hydrogen-bond donors (Lipinski definition) is 2. The second kappa shape index (κ2) is 4.10. The Balaban J connectivity index is 2.14. The fourth-order valence-electron chi connectivity index (χ4n) is 2.01. The first-order valence-electron chi connectivity index (χ1n) is 5.62. The minimum Gasteiger partial charge on any atom is -0.382 e. The number of nitriles is 1. The third kappa shape index (κ3) is 1.79. The Morgan fingerprint density at radius 2 is 1.89 bits per heavy atom. The molecule has 0 aliphatic rings. The van der Waals surface area contributed by atoms with Crippen molar-refractivity contribution in [1.29, 1.82) is 5.26 Å². The number of fused-ring (bicyclic) bond motifs is 1. The second-order valence-corrected chi connectivity index (χ2v) is 4.18. The lowest BCUT2D eigenvalue weighted by Crippen LogP contribution is -1.86. The Bertz CT molecular complexity index is 814. The molecule has 0 aliphatic carbocycles. The number of rotatable bonds is 1. The van der Waals surface area contributed by atoms with Gasteiger partial charge in [-0.1, -0.05) is 12.1 Å². The number of nitrogens with one attached hydrogen (secondary N) is 1. The Kier molecular flexibility index (Phi) is 2.43. The molecule has 0 atom stereocenters. The van der Waals surface area contributed by atoms with Gasteiger partial charge in [-0.3, -0.25) is 5.10 Å². The standard InChI is InChI=1S/C14H9FN4/c15-12-5-8(1-2-10(12)7-16)9-3-4-11-13(6-9)18-19-14(11)17/h1-6H,(H3,17,18,19). The van der Waals surface area contributed by atoms with Crippen molar-refractivity contribution < 1.29 is 4.39 Å². The van der Waals surface area contributed by atoms with Gasteiger partial charge in [0.15, 0.2) is 5.82 Å². The number of anilines is 1. The van der Waals surface area contributed by atoms with E-state index < -0.39 is 5.82 Å². The topological polar surface area (TPSA) is 78.5 Å². The van der Waals surface area contributed by atoms with Crippen LogP contribution in [-0.4, -0.2) is 10.2 Å². The van der Waals surface area contributed by atoms with Gasteiger partial charge in [0.05, 0.1) is 11.1 Å².